The lowest BCUT2D eigenvalue weighted by Crippen LogP contribution is -2.39. The number of aryl methyl sites for hydroxylation is 1. The molecular formula is C16H17BrN4O2S. The predicted octanol–water partition coefficient (Wildman–Crippen LogP) is 2.99. The quantitative estimate of drug-likeness (QED) is 0.721. The molecule has 8 heteroatoms. The van der Waals surface area contributed by atoms with E-state index >= 15 is 0 Å². The van der Waals surface area contributed by atoms with Gasteiger partial charge in [0.1, 0.15) is 5.82 Å². The van der Waals surface area contributed by atoms with Crippen molar-refractivity contribution < 1.29 is 9.84 Å². The van der Waals surface area contributed by atoms with Crippen molar-refractivity contribution in [2.45, 2.75) is 13.0 Å². The molecule has 126 valence electrons. The number of fused-ring (bicyclic) bond motifs is 1. The van der Waals surface area contributed by atoms with Crippen LogP contribution in [0.2, 0.25) is 0 Å². The number of hydrogen-bond donors (Lipinski definition) is 1. The van der Waals surface area contributed by atoms with Crippen molar-refractivity contribution in [3.05, 3.63) is 45.0 Å². The molecule has 0 unspecified atom stereocenters. The summed E-state index contributed by atoms with van der Waals surface area (Å²) in [7, 11) is 0. The molecule has 6 nitrogen and oxygen atoms in total. The van der Waals surface area contributed by atoms with Crippen molar-refractivity contribution in [3.63, 3.8) is 0 Å². The van der Waals surface area contributed by atoms with Crippen LogP contribution in [0.4, 0.5) is 0 Å². The molecule has 4 rings (SSSR count). The Hall–Kier alpha value is -1.48. The van der Waals surface area contributed by atoms with Crippen molar-refractivity contribution in [1.82, 2.24) is 19.5 Å². The molecule has 0 spiro atoms. The van der Waals surface area contributed by atoms with Gasteiger partial charge in [-0.3, -0.25) is 4.90 Å². The molecule has 1 aliphatic rings. The van der Waals surface area contributed by atoms with Gasteiger partial charge < -0.3 is 9.84 Å². The Kier molecular flexibility index (Phi) is 4.29. The number of nitrogens with zero attached hydrogens (tertiary/aromatic N) is 4. The maximum Gasteiger partial charge on any atom is 0.230 e. The molecule has 0 bridgehead atoms. The van der Waals surface area contributed by atoms with E-state index in [0.29, 0.717) is 24.0 Å². The Labute approximate surface area is 151 Å². The number of morpholine rings is 1. The van der Waals surface area contributed by atoms with E-state index < -0.39 is 0 Å². The second-order valence-corrected chi connectivity index (χ2v) is 7.67. The third kappa shape index (κ3) is 2.83. The van der Waals surface area contributed by atoms with Gasteiger partial charge in [-0.15, -0.1) is 5.10 Å². The van der Waals surface area contributed by atoms with Crippen LogP contribution in [-0.2, 0) is 4.74 Å². The Morgan fingerprint density at radius 3 is 2.83 bits per heavy atom. The highest BCUT2D eigenvalue weighted by atomic mass is 79.9. The molecule has 1 N–H and O–H groups in total. The van der Waals surface area contributed by atoms with Crippen molar-refractivity contribution in [2.24, 2.45) is 0 Å². The van der Waals surface area contributed by atoms with Crippen molar-refractivity contribution in [1.29, 1.82) is 0 Å². The number of aromatic nitrogens is 3. The molecule has 1 fully saturated rings. The molecule has 2 aromatic heterocycles. The highest BCUT2D eigenvalue weighted by Gasteiger charge is 2.30. The summed E-state index contributed by atoms with van der Waals surface area (Å²) in [5.41, 5.74) is 1.13. The Morgan fingerprint density at radius 2 is 2.12 bits per heavy atom. The fraction of sp³-hybridized carbons (Fsp3) is 0.375. The number of benzene rings is 1. The largest absolute Gasteiger partial charge is 0.492 e. The molecule has 1 saturated heterocycles. The van der Waals surface area contributed by atoms with E-state index in [0.717, 1.165) is 28.0 Å². The van der Waals surface area contributed by atoms with Crippen LogP contribution in [0.3, 0.4) is 0 Å². The molecule has 3 aromatic rings. The van der Waals surface area contributed by atoms with Crippen LogP contribution in [0, 0.1) is 6.92 Å². The summed E-state index contributed by atoms with van der Waals surface area (Å²) in [5, 5.41) is 15.0. The molecule has 0 amide bonds. The normalized spacial score (nSPS) is 17.4. The van der Waals surface area contributed by atoms with Crippen LogP contribution in [-0.4, -0.2) is 50.9 Å². The molecule has 1 aliphatic heterocycles. The zero-order chi connectivity index (χ0) is 16.7. The van der Waals surface area contributed by atoms with Gasteiger partial charge in [0.25, 0.3) is 0 Å². The standard InChI is InChI=1S/C16H17BrN4O2S/c1-10-18-16-21(19-10)15(22)14(24-16)13(20-5-7-23-8-6-20)11-3-2-4-12(17)9-11/h2-4,9,13,22H,5-8H2,1H3/t13-/m0/s1. The number of rotatable bonds is 3. The minimum Gasteiger partial charge on any atom is -0.492 e. The zero-order valence-electron chi connectivity index (χ0n) is 13.1. The molecule has 24 heavy (non-hydrogen) atoms. The Bertz CT molecular complexity index is 872. The van der Waals surface area contributed by atoms with Crippen LogP contribution >= 0.6 is 27.3 Å². The number of aromatic hydroxyl groups is 1. The van der Waals surface area contributed by atoms with Gasteiger partial charge in [-0.1, -0.05) is 39.4 Å². The second-order valence-electron chi connectivity index (χ2n) is 5.75. The summed E-state index contributed by atoms with van der Waals surface area (Å²) in [6.45, 7) is 4.87. The minimum absolute atomic E-state index is 0.0415. The van der Waals surface area contributed by atoms with Crippen LogP contribution in [0.1, 0.15) is 22.3 Å². The summed E-state index contributed by atoms with van der Waals surface area (Å²) >= 11 is 5.04. The van der Waals surface area contributed by atoms with Gasteiger partial charge in [-0.25, -0.2) is 4.98 Å². The first-order valence-electron chi connectivity index (χ1n) is 7.76. The summed E-state index contributed by atoms with van der Waals surface area (Å²) in [5.74, 6) is 0.834. The van der Waals surface area contributed by atoms with E-state index in [1.54, 1.807) is 0 Å². The lowest BCUT2D eigenvalue weighted by atomic mass is 10.0. The number of thiazole rings is 1. The van der Waals surface area contributed by atoms with Crippen molar-refractivity contribution in [3.8, 4) is 5.88 Å². The van der Waals surface area contributed by atoms with Gasteiger partial charge in [0.05, 0.1) is 24.1 Å². The molecule has 0 radical (unpaired) electrons. The Morgan fingerprint density at radius 1 is 1.33 bits per heavy atom. The van der Waals surface area contributed by atoms with E-state index in [-0.39, 0.29) is 11.9 Å². The first-order chi connectivity index (χ1) is 11.6. The highest BCUT2D eigenvalue weighted by Crippen LogP contribution is 2.40. The van der Waals surface area contributed by atoms with Gasteiger partial charge in [-0.2, -0.15) is 4.52 Å². The van der Waals surface area contributed by atoms with Crippen LogP contribution in [0.5, 0.6) is 5.88 Å². The lowest BCUT2D eigenvalue weighted by Gasteiger charge is -2.34. The molecule has 3 heterocycles. The van der Waals surface area contributed by atoms with Gasteiger partial charge in [0.15, 0.2) is 0 Å². The van der Waals surface area contributed by atoms with E-state index in [1.165, 1.54) is 15.9 Å². The first kappa shape index (κ1) is 16.0. The van der Waals surface area contributed by atoms with Gasteiger partial charge in [0.2, 0.25) is 10.8 Å². The van der Waals surface area contributed by atoms with Crippen LogP contribution in [0.25, 0.3) is 4.96 Å². The van der Waals surface area contributed by atoms with Gasteiger partial charge in [0, 0.05) is 17.6 Å². The maximum atomic E-state index is 10.7. The third-order valence-corrected chi connectivity index (χ3v) is 5.69. The molecule has 1 atom stereocenters. The van der Waals surface area contributed by atoms with E-state index in [4.69, 9.17) is 4.74 Å². The summed E-state index contributed by atoms with van der Waals surface area (Å²) in [4.78, 5) is 8.31. The average Bonchev–Trinajstić information content (AvgIpc) is 3.07. The molecule has 1 aromatic carbocycles. The highest BCUT2D eigenvalue weighted by molar-refractivity contribution is 9.10. The molecule has 0 saturated carbocycles. The molecule has 0 aliphatic carbocycles. The van der Waals surface area contributed by atoms with E-state index in [2.05, 4.69) is 43.0 Å². The first-order valence-corrected chi connectivity index (χ1v) is 9.37. The smallest absolute Gasteiger partial charge is 0.230 e. The SMILES string of the molecule is Cc1nc2sc([C@H](c3cccc(Br)c3)N3CCOCC3)c(O)n2n1. The van der Waals surface area contributed by atoms with Gasteiger partial charge >= 0.3 is 0 Å². The zero-order valence-corrected chi connectivity index (χ0v) is 15.5. The predicted molar refractivity (Wildman–Crippen MR) is 95.6 cm³/mol. The average molecular weight is 409 g/mol. The summed E-state index contributed by atoms with van der Waals surface area (Å²) in [6, 6.07) is 8.17. The number of halogens is 1. The minimum atomic E-state index is -0.0415. The number of hydrogen-bond acceptors (Lipinski definition) is 6. The van der Waals surface area contributed by atoms with Crippen molar-refractivity contribution >= 4 is 32.2 Å². The van der Waals surface area contributed by atoms with Crippen molar-refractivity contribution in [2.75, 3.05) is 26.3 Å². The van der Waals surface area contributed by atoms with Crippen LogP contribution < -0.4 is 0 Å². The Balaban J connectivity index is 1.84. The van der Waals surface area contributed by atoms with Gasteiger partial charge in [-0.05, 0) is 24.6 Å². The lowest BCUT2D eigenvalue weighted by molar-refractivity contribution is 0.0241. The topological polar surface area (TPSA) is 62.9 Å². The monoisotopic (exact) mass is 408 g/mol. The maximum absolute atomic E-state index is 10.7. The fourth-order valence-electron chi connectivity index (χ4n) is 3.07. The van der Waals surface area contributed by atoms with E-state index in [9.17, 15) is 5.11 Å². The third-order valence-electron chi connectivity index (χ3n) is 4.13. The summed E-state index contributed by atoms with van der Waals surface area (Å²) < 4.78 is 8.05. The van der Waals surface area contributed by atoms with Crippen LogP contribution in [0.15, 0.2) is 28.7 Å². The fourth-order valence-corrected chi connectivity index (χ4v) is 4.65. The number of ether oxygens (including phenoxy) is 1. The second kappa shape index (κ2) is 6.44. The molecular weight excluding hydrogens is 392 g/mol. The van der Waals surface area contributed by atoms with E-state index in [1.807, 2.05) is 19.1 Å². The summed E-state index contributed by atoms with van der Waals surface area (Å²) in [6.07, 6.45) is 0.